The highest BCUT2D eigenvalue weighted by atomic mass is 35.5. The molecule has 2 heterocycles. The molecule has 1 fully saturated rings. The van der Waals surface area contributed by atoms with Gasteiger partial charge in [0.25, 0.3) is 11.1 Å². The van der Waals surface area contributed by atoms with Crippen molar-refractivity contribution in [2.45, 2.75) is 13.5 Å². The number of carbonyl (C=O) groups is 2. The predicted octanol–water partition coefficient (Wildman–Crippen LogP) is 5.43. The third-order valence-corrected chi connectivity index (χ3v) is 5.88. The molecule has 148 valence electrons. The summed E-state index contributed by atoms with van der Waals surface area (Å²) < 4.78 is 7.74. The number of hydrogen-bond donors (Lipinski definition) is 0. The Morgan fingerprint density at radius 3 is 2.62 bits per heavy atom. The summed E-state index contributed by atoms with van der Waals surface area (Å²) in [6.07, 6.45) is 3.82. The van der Waals surface area contributed by atoms with Crippen LogP contribution in [-0.4, -0.2) is 33.8 Å². The largest absolute Gasteiger partial charge is 0.492 e. The molecule has 29 heavy (non-hydrogen) atoms. The van der Waals surface area contributed by atoms with Crippen LogP contribution in [0.15, 0.2) is 59.6 Å². The molecule has 7 heteroatoms. The van der Waals surface area contributed by atoms with Gasteiger partial charge in [-0.2, -0.15) is 0 Å². The summed E-state index contributed by atoms with van der Waals surface area (Å²) in [6, 6.07) is 15.0. The van der Waals surface area contributed by atoms with Crippen molar-refractivity contribution in [1.29, 1.82) is 0 Å². The number of rotatable bonds is 6. The van der Waals surface area contributed by atoms with E-state index in [9.17, 15) is 9.59 Å². The van der Waals surface area contributed by atoms with Gasteiger partial charge in [-0.25, -0.2) is 0 Å². The Hall–Kier alpha value is -2.70. The number of halogens is 1. The Balaban J connectivity index is 1.48. The lowest BCUT2D eigenvalue weighted by Gasteiger charge is -2.13. The second-order valence-corrected chi connectivity index (χ2v) is 7.95. The summed E-state index contributed by atoms with van der Waals surface area (Å²) in [4.78, 5) is 26.8. The van der Waals surface area contributed by atoms with E-state index < -0.39 is 0 Å². The first-order valence-corrected chi connectivity index (χ1v) is 10.5. The van der Waals surface area contributed by atoms with Crippen LogP contribution >= 0.6 is 23.4 Å². The Morgan fingerprint density at radius 2 is 1.86 bits per heavy atom. The summed E-state index contributed by atoms with van der Waals surface area (Å²) in [6.45, 7) is 3.33. The Labute approximate surface area is 177 Å². The van der Waals surface area contributed by atoms with Crippen LogP contribution in [-0.2, 0) is 11.3 Å². The number of benzene rings is 2. The van der Waals surface area contributed by atoms with E-state index in [0.29, 0.717) is 15.7 Å². The van der Waals surface area contributed by atoms with Gasteiger partial charge in [-0.3, -0.25) is 14.5 Å². The molecule has 1 aliphatic heterocycles. The van der Waals surface area contributed by atoms with E-state index in [1.165, 1.54) is 4.90 Å². The van der Waals surface area contributed by atoms with Crippen molar-refractivity contribution in [3.05, 3.63) is 70.2 Å². The molecule has 5 nitrogen and oxygen atoms in total. The van der Waals surface area contributed by atoms with Crippen LogP contribution in [0.5, 0.6) is 5.75 Å². The summed E-state index contributed by atoms with van der Waals surface area (Å²) in [7, 11) is 0. The number of carbonyl (C=O) groups excluding carboxylic acids is 2. The number of nitrogens with zero attached hydrogens (tertiary/aromatic N) is 2. The monoisotopic (exact) mass is 426 g/mol. The number of hydrogen-bond acceptors (Lipinski definition) is 4. The van der Waals surface area contributed by atoms with Crippen molar-refractivity contribution in [3.8, 4) is 5.75 Å². The maximum Gasteiger partial charge on any atom is 0.293 e. The quantitative estimate of drug-likeness (QED) is 0.493. The van der Waals surface area contributed by atoms with Crippen LogP contribution in [0, 0.1) is 0 Å². The van der Waals surface area contributed by atoms with Gasteiger partial charge < -0.3 is 9.30 Å². The lowest BCUT2D eigenvalue weighted by molar-refractivity contribution is -0.123. The molecule has 0 N–H and O–H groups in total. The summed E-state index contributed by atoms with van der Waals surface area (Å²) >= 11 is 6.82. The molecule has 0 bridgehead atoms. The van der Waals surface area contributed by atoms with Gasteiger partial charge >= 0.3 is 0 Å². The second-order valence-electron chi connectivity index (χ2n) is 6.52. The van der Waals surface area contributed by atoms with E-state index in [1.54, 1.807) is 30.3 Å². The fourth-order valence-electron chi connectivity index (χ4n) is 3.27. The minimum Gasteiger partial charge on any atom is -0.492 e. The highest BCUT2D eigenvalue weighted by molar-refractivity contribution is 8.18. The molecule has 3 aromatic rings. The van der Waals surface area contributed by atoms with E-state index >= 15 is 0 Å². The zero-order chi connectivity index (χ0) is 20.4. The van der Waals surface area contributed by atoms with Gasteiger partial charge in [0, 0.05) is 34.2 Å². The third kappa shape index (κ3) is 4.04. The number of ether oxygens (including phenoxy) is 1. The number of amides is 2. The van der Waals surface area contributed by atoms with Crippen LogP contribution < -0.4 is 4.74 Å². The highest BCUT2D eigenvalue weighted by Gasteiger charge is 2.35. The zero-order valence-electron chi connectivity index (χ0n) is 15.8. The minimum absolute atomic E-state index is 0.196. The van der Waals surface area contributed by atoms with Gasteiger partial charge in [-0.05, 0) is 55.1 Å². The average Bonchev–Trinajstić information content (AvgIpc) is 3.21. The predicted molar refractivity (Wildman–Crippen MR) is 117 cm³/mol. The van der Waals surface area contributed by atoms with E-state index in [4.69, 9.17) is 16.3 Å². The molecule has 4 rings (SSSR count). The first-order valence-electron chi connectivity index (χ1n) is 9.28. The van der Waals surface area contributed by atoms with Crippen molar-refractivity contribution in [2.75, 3.05) is 13.2 Å². The molecule has 1 aromatic heterocycles. The first kappa shape index (κ1) is 19.6. The molecule has 0 spiro atoms. The maximum atomic E-state index is 12.8. The zero-order valence-corrected chi connectivity index (χ0v) is 17.4. The van der Waals surface area contributed by atoms with Crippen molar-refractivity contribution in [3.63, 3.8) is 0 Å². The van der Waals surface area contributed by atoms with Crippen molar-refractivity contribution < 1.29 is 14.3 Å². The molecule has 1 saturated heterocycles. The molecule has 2 aromatic carbocycles. The van der Waals surface area contributed by atoms with Gasteiger partial charge in [-0.1, -0.05) is 29.8 Å². The molecule has 0 saturated carbocycles. The lowest BCUT2D eigenvalue weighted by Crippen LogP contribution is -2.32. The first-order chi connectivity index (χ1) is 14.1. The SMILES string of the molecule is CCn1cc(/C=C2\SC(=O)N(CCOc3ccc(Cl)cc3)C2=O)c2ccccc21. The standard InChI is InChI=1S/C22H19ClN2O3S/c1-2-24-14-15(18-5-3-4-6-19(18)24)13-20-21(26)25(22(27)29-20)11-12-28-17-9-7-16(23)8-10-17/h3-10,13-14H,2,11-12H2,1H3/b20-13-. The minimum atomic E-state index is -0.284. The molecule has 1 aliphatic rings. The van der Waals surface area contributed by atoms with Crippen LogP contribution in [0.4, 0.5) is 4.79 Å². The topological polar surface area (TPSA) is 51.5 Å². The van der Waals surface area contributed by atoms with E-state index in [-0.39, 0.29) is 24.3 Å². The smallest absolute Gasteiger partial charge is 0.293 e. The number of aromatic nitrogens is 1. The molecular formula is C22H19ClN2O3S. The van der Waals surface area contributed by atoms with Crippen LogP contribution in [0.25, 0.3) is 17.0 Å². The van der Waals surface area contributed by atoms with Crippen LogP contribution in [0.3, 0.4) is 0 Å². The fraction of sp³-hybridized carbons (Fsp3) is 0.182. The van der Waals surface area contributed by atoms with Gasteiger partial charge in [0.1, 0.15) is 12.4 Å². The Morgan fingerprint density at radius 1 is 1.10 bits per heavy atom. The number of para-hydroxylation sites is 1. The molecule has 0 radical (unpaired) electrons. The summed E-state index contributed by atoms with van der Waals surface area (Å²) in [5.74, 6) is 0.359. The normalized spacial score (nSPS) is 15.7. The molecular weight excluding hydrogens is 408 g/mol. The van der Waals surface area contributed by atoms with Gasteiger partial charge in [-0.15, -0.1) is 0 Å². The van der Waals surface area contributed by atoms with Crippen molar-refractivity contribution in [2.24, 2.45) is 0 Å². The van der Waals surface area contributed by atoms with Gasteiger partial charge in [0.2, 0.25) is 0 Å². The number of aryl methyl sites for hydroxylation is 1. The number of fused-ring (bicyclic) bond motifs is 1. The maximum absolute atomic E-state index is 12.8. The molecule has 0 unspecified atom stereocenters. The van der Waals surface area contributed by atoms with Gasteiger partial charge in [0.15, 0.2) is 0 Å². The Kier molecular flexibility index (Phi) is 5.65. The number of imide groups is 1. The average molecular weight is 427 g/mol. The van der Waals surface area contributed by atoms with Gasteiger partial charge in [0.05, 0.1) is 11.4 Å². The van der Waals surface area contributed by atoms with Crippen LogP contribution in [0.2, 0.25) is 5.02 Å². The third-order valence-electron chi connectivity index (χ3n) is 4.72. The van der Waals surface area contributed by atoms with E-state index in [1.807, 2.05) is 24.4 Å². The highest BCUT2D eigenvalue weighted by Crippen LogP contribution is 2.34. The van der Waals surface area contributed by atoms with Crippen molar-refractivity contribution in [1.82, 2.24) is 9.47 Å². The lowest BCUT2D eigenvalue weighted by atomic mass is 10.1. The summed E-state index contributed by atoms with van der Waals surface area (Å²) in [5.41, 5.74) is 2.04. The second kappa shape index (κ2) is 8.35. The molecule has 2 amide bonds. The van der Waals surface area contributed by atoms with E-state index in [0.717, 1.165) is 34.8 Å². The van der Waals surface area contributed by atoms with Crippen LogP contribution in [0.1, 0.15) is 12.5 Å². The number of thioether (sulfide) groups is 1. The fourth-order valence-corrected chi connectivity index (χ4v) is 4.25. The Bertz CT molecular complexity index is 1100. The molecule has 0 atom stereocenters. The summed E-state index contributed by atoms with van der Waals surface area (Å²) in [5, 5.41) is 1.41. The molecule has 0 aliphatic carbocycles. The van der Waals surface area contributed by atoms with E-state index in [2.05, 4.69) is 17.6 Å². The van der Waals surface area contributed by atoms with Crippen molar-refractivity contribution >= 4 is 51.5 Å².